The molecule has 0 saturated heterocycles. The number of carbonyl (C=O) groups excluding carboxylic acids is 1. The van der Waals surface area contributed by atoms with Crippen LogP contribution in [0.4, 0.5) is 5.69 Å². The minimum Gasteiger partial charge on any atom is -0.494 e. The van der Waals surface area contributed by atoms with Gasteiger partial charge in [-0.05, 0) is 42.8 Å². The average Bonchev–Trinajstić information content (AvgIpc) is 2.66. The minimum absolute atomic E-state index is 0.00598. The molecule has 1 aliphatic rings. The largest absolute Gasteiger partial charge is 0.494 e. The fourth-order valence-corrected chi connectivity index (χ4v) is 2.50. The molecule has 0 atom stereocenters. The van der Waals surface area contributed by atoms with E-state index in [1.807, 2.05) is 25.1 Å². The number of carbonyl (C=O) groups is 1. The monoisotopic (exact) mass is 350 g/mol. The van der Waals surface area contributed by atoms with Gasteiger partial charge in [-0.1, -0.05) is 12.1 Å². The summed E-state index contributed by atoms with van der Waals surface area (Å²) in [5.74, 6) is 1.40. The van der Waals surface area contributed by atoms with Crippen molar-refractivity contribution >= 4 is 17.7 Å². The van der Waals surface area contributed by atoms with Crippen molar-refractivity contribution in [3.05, 3.63) is 53.6 Å². The topological polar surface area (TPSA) is 80.6 Å². The number of benzene rings is 2. The number of nitrogens with zero attached hydrogens (tertiary/aromatic N) is 1. The van der Waals surface area contributed by atoms with Gasteiger partial charge in [-0.15, -0.1) is 0 Å². The van der Waals surface area contributed by atoms with E-state index in [1.54, 1.807) is 30.3 Å². The van der Waals surface area contributed by atoms with Crippen LogP contribution in [-0.4, -0.2) is 25.7 Å². The van der Waals surface area contributed by atoms with E-state index in [9.17, 15) is 10.1 Å². The Hall–Kier alpha value is -3.46. The Morgan fingerprint density at radius 2 is 2.04 bits per heavy atom. The zero-order valence-electron chi connectivity index (χ0n) is 14.3. The molecule has 0 radical (unpaired) electrons. The van der Waals surface area contributed by atoms with E-state index in [1.165, 1.54) is 6.08 Å². The molecule has 1 amide bonds. The van der Waals surface area contributed by atoms with Crippen molar-refractivity contribution in [1.82, 2.24) is 0 Å². The van der Waals surface area contributed by atoms with Crippen molar-refractivity contribution in [3.63, 3.8) is 0 Å². The third kappa shape index (κ3) is 4.14. The van der Waals surface area contributed by atoms with Crippen LogP contribution in [0.1, 0.15) is 12.5 Å². The number of rotatable bonds is 5. The van der Waals surface area contributed by atoms with Crippen LogP contribution in [0.15, 0.2) is 48.0 Å². The molecule has 0 aliphatic carbocycles. The van der Waals surface area contributed by atoms with E-state index in [2.05, 4.69) is 5.32 Å². The normalized spacial score (nSPS) is 12.8. The summed E-state index contributed by atoms with van der Waals surface area (Å²) in [5, 5.41) is 12.1. The predicted molar refractivity (Wildman–Crippen MR) is 97.3 cm³/mol. The molecule has 6 nitrogen and oxygen atoms in total. The van der Waals surface area contributed by atoms with E-state index in [0.29, 0.717) is 48.3 Å². The highest BCUT2D eigenvalue weighted by Gasteiger charge is 2.14. The average molecular weight is 350 g/mol. The summed E-state index contributed by atoms with van der Waals surface area (Å²) >= 11 is 0. The Morgan fingerprint density at radius 3 is 2.81 bits per heavy atom. The molecule has 0 aromatic heterocycles. The molecule has 0 saturated carbocycles. The molecule has 26 heavy (non-hydrogen) atoms. The van der Waals surface area contributed by atoms with E-state index in [0.717, 1.165) is 0 Å². The Bertz CT molecular complexity index is 884. The summed E-state index contributed by atoms with van der Waals surface area (Å²) in [5.41, 5.74) is 1.24. The second kappa shape index (κ2) is 8.08. The standard InChI is InChI=1S/C20H18N2O4/c1-2-24-17-5-3-4-14(11-17)10-15(13-21)20(23)22-16-6-7-18-19(12-16)26-9-8-25-18/h3-7,10-12H,2,8-9H2,1H3,(H,22,23)/b15-10+. The van der Waals surface area contributed by atoms with Gasteiger partial charge in [0.25, 0.3) is 5.91 Å². The molecule has 0 fully saturated rings. The van der Waals surface area contributed by atoms with Gasteiger partial charge in [0.1, 0.15) is 30.6 Å². The van der Waals surface area contributed by atoms with Crippen molar-refractivity contribution in [2.75, 3.05) is 25.1 Å². The number of ether oxygens (including phenoxy) is 3. The first-order valence-electron chi connectivity index (χ1n) is 8.25. The van der Waals surface area contributed by atoms with Gasteiger partial charge >= 0.3 is 0 Å². The lowest BCUT2D eigenvalue weighted by atomic mass is 10.1. The fraction of sp³-hybridized carbons (Fsp3) is 0.200. The molecule has 0 spiro atoms. The molecule has 6 heteroatoms. The van der Waals surface area contributed by atoms with Gasteiger partial charge in [0.05, 0.1) is 6.61 Å². The Labute approximate surface area is 151 Å². The van der Waals surface area contributed by atoms with Crippen LogP contribution in [0, 0.1) is 11.3 Å². The van der Waals surface area contributed by atoms with Crippen molar-refractivity contribution in [2.45, 2.75) is 6.92 Å². The van der Waals surface area contributed by atoms with E-state index < -0.39 is 5.91 Å². The number of fused-ring (bicyclic) bond motifs is 1. The lowest BCUT2D eigenvalue weighted by Crippen LogP contribution is -2.17. The van der Waals surface area contributed by atoms with Crippen LogP contribution in [0.3, 0.4) is 0 Å². The van der Waals surface area contributed by atoms with Gasteiger partial charge in [0.15, 0.2) is 11.5 Å². The van der Waals surface area contributed by atoms with Crippen LogP contribution in [0.25, 0.3) is 6.08 Å². The second-order valence-electron chi connectivity index (χ2n) is 5.49. The molecule has 1 aliphatic heterocycles. The molecule has 132 valence electrons. The Morgan fingerprint density at radius 1 is 1.23 bits per heavy atom. The number of amides is 1. The quantitative estimate of drug-likeness (QED) is 0.660. The third-order valence-electron chi connectivity index (χ3n) is 3.65. The summed E-state index contributed by atoms with van der Waals surface area (Å²) in [7, 11) is 0. The maximum Gasteiger partial charge on any atom is 0.266 e. The SMILES string of the molecule is CCOc1cccc(/C=C(\C#N)C(=O)Nc2ccc3c(c2)OCCO3)c1. The zero-order chi connectivity index (χ0) is 18.4. The maximum absolute atomic E-state index is 12.4. The summed E-state index contributed by atoms with van der Waals surface area (Å²) in [6.45, 7) is 3.40. The van der Waals surface area contributed by atoms with E-state index in [4.69, 9.17) is 14.2 Å². The summed E-state index contributed by atoms with van der Waals surface area (Å²) in [6, 6.07) is 14.3. The van der Waals surface area contributed by atoms with Gasteiger partial charge in [0.2, 0.25) is 0 Å². The maximum atomic E-state index is 12.4. The van der Waals surface area contributed by atoms with Crippen LogP contribution in [-0.2, 0) is 4.79 Å². The van der Waals surface area contributed by atoms with Crippen LogP contribution < -0.4 is 19.5 Å². The molecule has 1 heterocycles. The summed E-state index contributed by atoms with van der Waals surface area (Å²) < 4.78 is 16.4. The molecule has 0 bridgehead atoms. The van der Waals surface area contributed by atoms with Crippen LogP contribution in [0.2, 0.25) is 0 Å². The molecule has 2 aromatic rings. The van der Waals surface area contributed by atoms with Crippen molar-refractivity contribution in [1.29, 1.82) is 5.26 Å². The van der Waals surface area contributed by atoms with Gasteiger partial charge in [-0.3, -0.25) is 4.79 Å². The van der Waals surface area contributed by atoms with Gasteiger partial charge in [0, 0.05) is 11.8 Å². The lowest BCUT2D eigenvalue weighted by Gasteiger charge is -2.18. The lowest BCUT2D eigenvalue weighted by molar-refractivity contribution is -0.112. The molecule has 2 aromatic carbocycles. The second-order valence-corrected chi connectivity index (χ2v) is 5.49. The first-order chi connectivity index (χ1) is 12.7. The Balaban J connectivity index is 1.77. The molecule has 0 unspecified atom stereocenters. The number of anilines is 1. The zero-order valence-corrected chi connectivity index (χ0v) is 14.3. The fourth-order valence-electron chi connectivity index (χ4n) is 2.50. The minimum atomic E-state index is -0.494. The molecule has 1 N–H and O–H groups in total. The number of hydrogen-bond acceptors (Lipinski definition) is 5. The predicted octanol–water partition coefficient (Wildman–Crippen LogP) is 3.40. The van der Waals surface area contributed by atoms with Gasteiger partial charge in [-0.2, -0.15) is 5.26 Å². The number of nitriles is 1. The Kier molecular flexibility index (Phi) is 5.40. The van der Waals surface area contributed by atoms with Gasteiger partial charge < -0.3 is 19.5 Å². The summed E-state index contributed by atoms with van der Waals surface area (Å²) in [4.78, 5) is 12.4. The first kappa shape index (κ1) is 17.4. The van der Waals surface area contributed by atoms with E-state index in [-0.39, 0.29) is 5.57 Å². The third-order valence-corrected chi connectivity index (χ3v) is 3.65. The molecular weight excluding hydrogens is 332 g/mol. The van der Waals surface area contributed by atoms with Crippen molar-refractivity contribution < 1.29 is 19.0 Å². The highest BCUT2D eigenvalue weighted by molar-refractivity contribution is 6.09. The van der Waals surface area contributed by atoms with Gasteiger partial charge in [-0.25, -0.2) is 0 Å². The highest BCUT2D eigenvalue weighted by atomic mass is 16.6. The number of nitrogens with one attached hydrogen (secondary N) is 1. The molecular formula is C20H18N2O4. The van der Waals surface area contributed by atoms with Crippen molar-refractivity contribution in [3.8, 4) is 23.3 Å². The van der Waals surface area contributed by atoms with Crippen LogP contribution in [0.5, 0.6) is 17.2 Å². The number of hydrogen-bond donors (Lipinski definition) is 1. The molecule has 3 rings (SSSR count). The smallest absolute Gasteiger partial charge is 0.266 e. The highest BCUT2D eigenvalue weighted by Crippen LogP contribution is 2.32. The van der Waals surface area contributed by atoms with Crippen LogP contribution >= 0.6 is 0 Å². The van der Waals surface area contributed by atoms with E-state index >= 15 is 0 Å². The summed E-state index contributed by atoms with van der Waals surface area (Å²) in [6.07, 6.45) is 1.52. The first-order valence-corrected chi connectivity index (χ1v) is 8.25. The van der Waals surface area contributed by atoms with Crippen molar-refractivity contribution in [2.24, 2.45) is 0 Å².